The zero-order chi connectivity index (χ0) is 18.6. The smallest absolute Gasteiger partial charge is 0.123 e. The van der Waals surface area contributed by atoms with Crippen molar-refractivity contribution in [2.45, 2.75) is 19.8 Å². The van der Waals surface area contributed by atoms with Gasteiger partial charge in [-0.3, -0.25) is 9.97 Å². The van der Waals surface area contributed by atoms with Gasteiger partial charge in [-0.05, 0) is 49.2 Å². The van der Waals surface area contributed by atoms with E-state index in [0.717, 1.165) is 46.9 Å². The highest BCUT2D eigenvalue weighted by atomic mass is 19.1. The van der Waals surface area contributed by atoms with Gasteiger partial charge in [0.2, 0.25) is 0 Å². The summed E-state index contributed by atoms with van der Waals surface area (Å²) in [4.78, 5) is 16.7. The summed E-state index contributed by atoms with van der Waals surface area (Å²) in [6.07, 6.45) is 7.15. The molecule has 1 N–H and O–H groups in total. The second-order valence-corrected chi connectivity index (χ2v) is 6.46. The molecule has 4 rings (SSSR count). The second-order valence-electron chi connectivity index (χ2n) is 6.46. The van der Waals surface area contributed by atoms with Gasteiger partial charge >= 0.3 is 0 Å². The van der Waals surface area contributed by atoms with Crippen LogP contribution in [0.15, 0.2) is 67.1 Å². The molecular formula is C22H19FN4. The van der Waals surface area contributed by atoms with E-state index in [0.29, 0.717) is 0 Å². The monoisotopic (exact) mass is 358 g/mol. The summed E-state index contributed by atoms with van der Waals surface area (Å²) in [5.74, 6) is 0.681. The average Bonchev–Trinajstić information content (AvgIpc) is 3.08. The van der Waals surface area contributed by atoms with Crippen LogP contribution < -0.4 is 0 Å². The fourth-order valence-electron chi connectivity index (χ4n) is 3.08. The predicted octanol–water partition coefficient (Wildman–Crippen LogP) is 4.77. The standard InChI is InChI=1S/C22H19FN4/c1-15-22(27-21(26-15)10-7-16-4-3-11-24-13-16)18-8-9-20(25-14-18)17-5-2-6-19(23)12-17/h2-6,8-9,11-14H,7,10H2,1H3,(H,26,27). The summed E-state index contributed by atoms with van der Waals surface area (Å²) in [7, 11) is 0. The van der Waals surface area contributed by atoms with E-state index >= 15 is 0 Å². The van der Waals surface area contributed by atoms with Gasteiger partial charge in [-0.15, -0.1) is 0 Å². The first-order valence-corrected chi connectivity index (χ1v) is 8.86. The molecule has 0 aliphatic rings. The Balaban J connectivity index is 1.52. The SMILES string of the molecule is Cc1[nH]c(CCc2cccnc2)nc1-c1ccc(-c2cccc(F)c2)nc1. The molecule has 0 saturated heterocycles. The van der Waals surface area contributed by atoms with Gasteiger partial charge in [0, 0.05) is 41.8 Å². The Hall–Kier alpha value is -3.34. The van der Waals surface area contributed by atoms with Crippen LogP contribution >= 0.6 is 0 Å². The van der Waals surface area contributed by atoms with Crippen LogP contribution in [0.5, 0.6) is 0 Å². The number of hydrogen-bond acceptors (Lipinski definition) is 3. The number of aromatic nitrogens is 4. The maximum atomic E-state index is 13.4. The van der Waals surface area contributed by atoms with E-state index in [2.05, 4.69) is 21.0 Å². The van der Waals surface area contributed by atoms with Crippen LogP contribution in [0, 0.1) is 12.7 Å². The van der Waals surface area contributed by atoms with Gasteiger partial charge in [0.1, 0.15) is 11.6 Å². The van der Waals surface area contributed by atoms with Gasteiger partial charge in [-0.25, -0.2) is 9.37 Å². The molecule has 0 fully saturated rings. The first-order chi connectivity index (χ1) is 13.2. The lowest BCUT2D eigenvalue weighted by Gasteiger charge is -2.03. The minimum absolute atomic E-state index is 0.264. The van der Waals surface area contributed by atoms with Crippen LogP contribution in [-0.4, -0.2) is 19.9 Å². The van der Waals surface area contributed by atoms with Gasteiger partial charge in [-0.1, -0.05) is 18.2 Å². The van der Waals surface area contributed by atoms with E-state index in [4.69, 9.17) is 4.98 Å². The van der Waals surface area contributed by atoms with E-state index in [1.165, 1.54) is 17.7 Å². The molecule has 0 aliphatic heterocycles. The number of H-pyrrole nitrogens is 1. The Morgan fingerprint density at radius 1 is 0.963 bits per heavy atom. The third kappa shape index (κ3) is 3.92. The van der Waals surface area contributed by atoms with Gasteiger partial charge in [0.15, 0.2) is 0 Å². The molecule has 0 bridgehead atoms. The van der Waals surface area contributed by atoms with Crippen LogP contribution in [0.2, 0.25) is 0 Å². The number of nitrogens with zero attached hydrogens (tertiary/aromatic N) is 3. The number of pyridine rings is 2. The lowest BCUT2D eigenvalue weighted by molar-refractivity contribution is 0.628. The minimum Gasteiger partial charge on any atom is -0.346 e. The molecule has 0 unspecified atom stereocenters. The first-order valence-electron chi connectivity index (χ1n) is 8.86. The van der Waals surface area contributed by atoms with Crippen molar-refractivity contribution < 1.29 is 4.39 Å². The maximum absolute atomic E-state index is 13.4. The second kappa shape index (κ2) is 7.50. The summed E-state index contributed by atoms with van der Waals surface area (Å²) >= 11 is 0. The maximum Gasteiger partial charge on any atom is 0.123 e. The summed E-state index contributed by atoms with van der Waals surface area (Å²) in [6.45, 7) is 2.01. The molecule has 3 heterocycles. The molecule has 1 aromatic carbocycles. The summed E-state index contributed by atoms with van der Waals surface area (Å²) in [5.41, 5.74) is 5.54. The molecule has 3 aromatic heterocycles. The highest BCUT2D eigenvalue weighted by Gasteiger charge is 2.10. The van der Waals surface area contributed by atoms with E-state index in [1.807, 2.05) is 37.4 Å². The van der Waals surface area contributed by atoms with Gasteiger partial charge in [-0.2, -0.15) is 0 Å². The van der Waals surface area contributed by atoms with Gasteiger partial charge in [0.05, 0.1) is 11.4 Å². The van der Waals surface area contributed by atoms with Gasteiger partial charge < -0.3 is 4.98 Å². The van der Waals surface area contributed by atoms with Crippen LogP contribution in [0.4, 0.5) is 4.39 Å². The predicted molar refractivity (Wildman–Crippen MR) is 104 cm³/mol. The lowest BCUT2D eigenvalue weighted by Crippen LogP contribution is -1.94. The zero-order valence-corrected chi connectivity index (χ0v) is 15.0. The van der Waals surface area contributed by atoms with Crippen LogP contribution in [-0.2, 0) is 12.8 Å². The third-order valence-corrected chi connectivity index (χ3v) is 4.46. The van der Waals surface area contributed by atoms with E-state index in [9.17, 15) is 4.39 Å². The fraction of sp³-hybridized carbons (Fsp3) is 0.136. The highest BCUT2D eigenvalue weighted by molar-refractivity contribution is 5.66. The molecule has 134 valence electrons. The molecule has 27 heavy (non-hydrogen) atoms. The quantitative estimate of drug-likeness (QED) is 0.559. The molecule has 0 saturated carbocycles. The molecular weight excluding hydrogens is 339 g/mol. The summed E-state index contributed by atoms with van der Waals surface area (Å²) in [6, 6.07) is 14.3. The van der Waals surface area contributed by atoms with Crippen LogP contribution in [0.25, 0.3) is 22.5 Å². The minimum atomic E-state index is -0.264. The third-order valence-electron chi connectivity index (χ3n) is 4.46. The molecule has 0 atom stereocenters. The van der Waals surface area contributed by atoms with Crippen LogP contribution in [0.3, 0.4) is 0 Å². The molecule has 0 amide bonds. The Morgan fingerprint density at radius 3 is 2.63 bits per heavy atom. The number of aromatic amines is 1. The van der Waals surface area contributed by atoms with Crippen molar-refractivity contribution in [3.05, 3.63) is 90.0 Å². The number of aryl methyl sites for hydroxylation is 3. The van der Waals surface area contributed by atoms with Crippen LogP contribution in [0.1, 0.15) is 17.1 Å². The molecule has 0 radical (unpaired) electrons. The average molecular weight is 358 g/mol. The molecule has 5 heteroatoms. The fourth-order valence-corrected chi connectivity index (χ4v) is 3.08. The van der Waals surface area contributed by atoms with Crippen molar-refractivity contribution in [3.63, 3.8) is 0 Å². The largest absolute Gasteiger partial charge is 0.346 e. The number of imidazole rings is 1. The zero-order valence-electron chi connectivity index (χ0n) is 15.0. The number of nitrogens with one attached hydrogen (secondary N) is 1. The number of rotatable bonds is 5. The lowest BCUT2D eigenvalue weighted by atomic mass is 10.1. The first kappa shape index (κ1) is 17.1. The topological polar surface area (TPSA) is 54.5 Å². The Labute approximate surface area is 157 Å². The normalized spacial score (nSPS) is 10.9. The van der Waals surface area contributed by atoms with Crippen molar-refractivity contribution in [2.24, 2.45) is 0 Å². The number of hydrogen-bond donors (Lipinski definition) is 1. The van der Waals surface area contributed by atoms with E-state index < -0.39 is 0 Å². The van der Waals surface area contributed by atoms with Gasteiger partial charge in [0.25, 0.3) is 0 Å². The molecule has 4 nitrogen and oxygen atoms in total. The number of halogens is 1. The Bertz CT molecular complexity index is 1040. The van der Waals surface area contributed by atoms with E-state index in [-0.39, 0.29) is 5.82 Å². The Morgan fingerprint density at radius 2 is 1.89 bits per heavy atom. The van der Waals surface area contributed by atoms with Crippen molar-refractivity contribution in [1.82, 2.24) is 19.9 Å². The van der Waals surface area contributed by atoms with E-state index in [1.54, 1.807) is 18.5 Å². The van der Waals surface area contributed by atoms with Crippen molar-refractivity contribution in [2.75, 3.05) is 0 Å². The summed E-state index contributed by atoms with van der Waals surface area (Å²) in [5, 5.41) is 0. The molecule has 0 spiro atoms. The number of benzene rings is 1. The highest BCUT2D eigenvalue weighted by Crippen LogP contribution is 2.24. The summed E-state index contributed by atoms with van der Waals surface area (Å²) < 4.78 is 13.4. The van der Waals surface area contributed by atoms with Crippen molar-refractivity contribution >= 4 is 0 Å². The van der Waals surface area contributed by atoms with Crippen molar-refractivity contribution in [3.8, 4) is 22.5 Å². The van der Waals surface area contributed by atoms with Crippen molar-refractivity contribution in [1.29, 1.82) is 0 Å². The molecule has 0 aliphatic carbocycles. The molecule has 4 aromatic rings. The Kier molecular flexibility index (Phi) is 4.75.